The van der Waals surface area contributed by atoms with E-state index in [1.54, 1.807) is 12.1 Å². The summed E-state index contributed by atoms with van der Waals surface area (Å²) in [7, 11) is 0. The summed E-state index contributed by atoms with van der Waals surface area (Å²) in [6.45, 7) is 6.74. The van der Waals surface area contributed by atoms with E-state index in [1.165, 1.54) is 12.1 Å². The highest BCUT2D eigenvalue weighted by Gasteiger charge is 2.23. The molecule has 1 aromatic rings. The van der Waals surface area contributed by atoms with Gasteiger partial charge in [0.15, 0.2) is 0 Å². The highest BCUT2D eigenvalue weighted by molar-refractivity contribution is 5.94. The summed E-state index contributed by atoms with van der Waals surface area (Å²) in [5.41, 5.74) is 0.440. The van der Waals surface area contributed by atoms with Crippen LogP contribution < -0.4 is 5.32 Å². The lowest BCUT2D eigenvalue weighted by molar-refractivity contribution is 0.0749. The summed E-state index contributed by atoms with van der Waals surface area (Å²) in [6, 6.07) is 6.28. The first-order chi connectivity index (χ1) is 9.56. The zero-order valence-corrected chi connectivity index (χ0v) is 12.2. The number of carbonyl (C=O) groups is 1. The second-order valence-electron chi connectivity index (χ2n) is 5.90. The molecule has 1 aliphatic rings. The average Bonchev–Trinajstić information content (AvgIpc) is 2.62. The molecule has 1 aliphatic heterocycles. The molecule has 20 heavy (non-hydrogen) atoms. The standard InChI is InChI=1S/C16H23FN2O/c1-12(2)9-15-11-19(8-4-7-18-15)16(20)13-5-3-6-14(17)10-13/h3,5-6,10,12,15,18H,4,7-9,11H2,1-2H3. The van der Waals surface area contributed by atoms with E-state index in [0.29, 0.717) is 24.1 Å². The maximum absolute atomic E-state index is 13.2. The van der Waals surface area contributed by atoms with Crippen LogP contribution in [0.2, 0.25) is 0 Å². The van der Waals surface area contributed by atoms with Crippen LogP contribution in [-0.4, -0.2) is 36.5 Å². The van der Waals surface area contributed by atoms with Gasteiger partial charge >= 0.3 is 0 Å². The van der Waals surface area contributed by atoms with Crippen molar-refractivity contribution < 1.29 is 9.18 Å². The van der Waals surface area contributed by atoms with Crippen LogP contribution in [0.4, 0.5) is 4.39 Å². The monoisotopic (exact) mass is 278 g/mol. The molecule has 0 bridgehead atoms. The van der Waals surface area contributed by atoms with E-state index in [2.05, 4.69) is 19.2 Å². The summed E-state index contributed by atoms with van der Waals surface area (Å²) in [5.74, 6) is 0.168. The van der Waals surface area contributed by atoms with Gasteiger partial charge in [0.25, 0.3) is 5.91 Å². The molecule has 1 saturated heterocycles. The lowest BCUT2D eigenvalue weighted by atomic mass is 10.0. The van der Waals surface area contributed by atoms with Crippen molar-refractivity contribution >= 4 is 5.91 Å². The van der Waals surface area contributed by atoms with Gasteiger partial charge in [-0.3, -0.25) is 4.79 Å². The summed E-state index contributed by atoms with van der Waals surface area (Å²) in [4.78, 5) is 14.3. The van der Waals surface area contributed by atoms with Crippen molar-refractivity contribution in [3.63, 3.8) is 0 Å². The Morgan fingerprint density at radius 1 is 1.50 bits per heavy atom. The van der Waals surface area contributed by atoms with Crippen LogP contribution in [-0.2, 0) is 0 Å². The van der Waals surface area contributed by atoms with Gasteiger partial charge in [-0.15, -0.1) is 0 Å². The Kier molecular flexibility index (Phi) is 5.12. The van der Waals surface area contributed by atoms with E-state index in [-0.39, 0.29) is 11.7 Å². The van der Waals surface area contributed by atoms with Crippen molar-refractivity contribution in [2.75, 3.05) is 19.6 Å². The normalized spacial score (nSPS) is 20.0. The van der Waals surface area contributed by atoms with E-state index < -0.39 is 0 Å². The second kappa shape index (κ2) is 6.84. The molecule has 0 aliphatic carbocycles. The molecule has 0 spiro atoms. The molecule has 1 atom stereocenters. The first-order valence-corrected chi connectivity index (χ1v) is 7.34. The summed E-state index contributed by atoms with van der Waals surface area (Å²) >= 11 is 0. The van der Waals surface area contributed by atoms with Crippen LogP contribution in [0.25, 0.3) is 0 Å². The number of halogens is 1. The fourth-order valence-electron chi connectivity index (χ4n) is 2.71. The van der Waals surface area contributed by atoms with E-state index >= 15 is 0 Å². The Balaban J connectivity index is 2.07. The van der Waals surface area contributed by atoms with Gasteiger partial charge in [0, 0.05) is 24.7 Å². The molecule has 4 heteroatoms. The molecular formula is C16H23FN2O. The number of carbonyl (C=O) groups excluding carboxylic acids is 1. The minimum Gasteiger partial charge on any atom is -0.337 e. The largest absolute Gasteiger partial charge is 0.337 e. The van der Waals surface area contributed by atoms with E-state index in [1.807, 2.05) is 4.90 Å². The summed E-state index contributed by atoms with van der Waals surface area (Å²) < 4.78 is 13.2. The Morgan fingerprint density at radius 2 is 2.30 bits per heavy atom. The lowest BCUT2D eigenvalue weighted by Crippen LogP contribution is -2.41. The summed E-state index contributed by atoms with van der Waals surface area (Å²) in [5, 5.41) is 3.49. The number of hydrogen-bond acceptors (Lipinski definition) is 2. The van der Waals surface area contributed by atoms with E-state index in [4.69, 9.17) is 0 Å². The fourth-order valence-corrected chi connectivity index (χ4v) is 2.71. The first-order valence-electron chi connectivity index (χ1n) is 7.34. The molecule has 110 valence electrons. The van der Waals surface area contributed by atoms with Gasteiger partial charge in [0.1, 0.15) is 5.82 Å². The van der Waals surface area contributed by atoms with Crippen molar-refractivity contribution in [3.8, 4) is 0 Å². The number of nitrogens with one attached hydrogen (secondary N) is 1. The van der Waals surface area contributed by atoms with E-state index in [9.17, 15) is 9.18 Å². The van der Waals surface area contributed by atoms with Crippen molar-refractivity contribution in [2.45, 2.75) is 32.7 Å². The Hall–Kier alpha value is -1.42. The van der Waals surface area contributed by atoms with Crippen molar-refractivity contribution in [1.82, 2.24) is 10.2 Å². The molecule has 0 saturated carbocycles. The van der Waals surface area contributed by atoms with Gasteiger partial charge in [-0.1, -0.05) is 19.9 Å². The number of amides is 1. The van der Waals surface area contributed by atoms with Gasteiger partial charge in [-0.05, 0) is 43.5 Å². The molecule has 1 amide bonds. The topological polar surface area (TPSA) is 32.3 Å². The Labute approximate surface area is 120 Å². The van der Waals surface area contributed by atoms with Crippen LogP contribution in [0, 0.1) is 11.7 Å². The lowest BCUT2D eigenvalue weighted by Gasteiger charge is -2.25. The highest BCUT2D eigenvalue weighted by atomic mass is 19.1. The minimum absolute atomic E-state index is 0.0676. The maximum atomic E-state index is 13.2. The number of rotatable bonds is 3. The van der Waals surface area contributed by atoms with Gasteiger partial charge < -0.3 is 10.2 Å². The fraction of sp³-hybridized carbons (Fsp3) is 0.562. The van der Waals surface area contributed by atoms with Gasteiger partial charge in [-0.25, -0.2) is 4.39 Å². The smallest absolute Gasteiger partial charge is 0.254 e. The quantitative estimate of drug-likeness (QED) is 0.922. The molecule has 1 heterocycles. The third kappa shape index (κ3) is 4.04. The van der Waals surface area contributed by atoms with Gasteiger partial charge in [-0.2, -0.15) is 0 Å². The van der Waals surface area contributed by atoms with Crippen LogP contribution in [0.3, 0.4) is 0 Å². The maximum Gasteiger partial charge on any atom is 0.254 e. The molecule has 2 rings (SSSR count). The third-order valence-corrected chi connectivity index (χ3v) is 3.59. The molecule has 1 fully saturated rings. The Morgan fingerprint density at radius 3 is 3.00 bits per heavy atom. The second-order valence-corrected chi connectivity index (χ2v) is 5.90. The average molecular weight is 278 g/mol. The number of hydrogen-bond donors (Lipinski definition) is 1. The summed E-state index contributed by atoms with van der Waals surface area (Å²) in [6.07, 6.45) is 1.99. The van der Waals surface area contributed by atoms with Crippen LogP contribution in [0.5, 0.6) is 0 Å². The molecule has 1 unspecified atom stereocenters. The van der Waals surface area contributed by atoms with Crippen LogP contribution >= 0.6 is 0 Å². The highest BCUT2D eigenvalue weighted by Crippen LogP contribution is 2.13. The predicted octanol–water partition coefficient (Wildman–Crippen LogP) is 2.68. The SMILES string of the molecule is CC(C)CC1CN(C(=O)c2cccc(F)c2)CCCN1. The first kappa shape index (κ1) is 15.0. The van der Waals surface area contributed by atoms with Crippen LogP contribution in [0.15, 0.2) is 24.3 Å². The zero-order chi connectivity index (χ0) is 14.5. The van der Waals surface area contributed by atoms with Gasteiger partial charge in [0.05, 0.1) is 0 Å². The van der Waals surface area contributed by atoms with Crippen molar-refractivity contribution in [2.24, 2.45) is 5.92 Å². The predicted molar refractivity (Wildman–Crippen MR) is 78.2 cm³/mol. The van der Waals surface area contributed by atoms with Crippen molar-refractivity contribution in [1.29, 1.82) is 0 Å². The minimum atomic E-state index is -0.359. The Bertz CT molecular complexity index is 462. The molecule has 0 radical (unpaired) electrons. The molecule has 3 nitrogen and oxygen atoms in total. The molecule has 1 N–H and O–H groups in total. The third-order valence-electron chi connectivity index (χ3n) is 3.59. The number of nitrogens with zero attached hydrogens (tertiary/aromatic N) is 1. The van der Waals surface area contributed by atoms with E-state index in [0.717, 1.165) is 25.9 Å². The zero-order valence-electron chi connectivity index (χ0n) is 12.2. The van der Waals surface area contributed by atoms with Gasteiger partial charge in [0.2, 0.25) is 0 Å². The molecular weight excluding hydrogens is 255 g/mol. The van der Waals surface area contributed by atoms with Crippen LogP contribution in [0.1, 0.15) is 37.0 Å². The molecule has 0 aromatic heterocycles. The molecule has 1 aromatic carbocycles. The van der Waals surface area contributed by atoms with Crippen molar-refractivity contribution in [3.05, 3.63) is 35.6 Å². The number of benzene rings is 1.